The van der Waals surface area contributed by atoms with Crippen LogP contribution >= 0.6 is 11.8 Å². The number of hydrogen-bond acceptors (Lipinski definition) is 4. The summed E-state index contributed by atoms with van der Waals surface area (Å²) in [5, 5.41) is 14.2. The van der Waals surface area contributed by atoms with Gasteiger partial charge in [-0.05, 0) is 32.4 Å². The quantitative estimate of drug-likeness (QED) is 0.594. The third-order valence-corrected chi connectivity index (χ3v) is 3.98. The molecule has 0 aliphatic heterocycles. The predicted molar refractivity (Wildman–Crippen MR) is 96.1 cm³/mol. The third kappa shape index (κ3) is 7.82. The van der Waals surface area contributed by atoms with Crippen molar-refractivity contribution in [2.24, 2.45) is 0 Å². The van der Waals surface area contributed by atoms with Gasteiger partial charge in [0.25, 0.3) is 0 Å². The standard InChI is InChI=1S/C17H22N2O4S/c1-3-4-5-14(17(22)23)19-16(21)11-24-10-15(20)18-13-8-6-12(2)7-9-13/h3-4,6-9,14H,5,10-11H2,1-2H3,(H,18,20)(H,19,21)(H,22,23)/b4-3+. The summed E-state index contributed by atoms with van der Waals surface area (Å²) in [6.45, 7) is 3.74. The van der Waals surface area contributed by atoms with Crippen LogP contribution < -0.4 is 10.6 Å². The van der Waals surface area contributed by atoms with Gasteiger partial charge in [-0.15, -0.1) is 11.8 Å². The number of aryl methyl sites for hydroxylation is 1. The number of carbonyl (C=O) groups excluding carboxylic acids is 2. The van der Waals surface area contributed by atoms with Crippen molar-refractivity contribution >= 4 is 35.2 Å². The Morgan fingerprint density at radius 2 is 1.79 bits per heavy atom. The van der Waals surface area contributed by atoms with E-state index < -0.39 is 17.9 Å². The van der Waals surface area contributed by atoms with Crippen LogP contribution in [0.25, 0.3) is 0 Å². The molecule has 0 aromatic heterocycles. The Morgan fingerprint density at radius 1 is 1.17 bits per heavy atom. The number of nitrogens with one attached hydrogen (secondary N) is 2. The Morgan fingerprint density at radius 3 is 2.38 bits per heavy atom. The van der Waals surface area contributed by atoms with E-state index >= 15 is 0 Å². The molecule has 0 aliphatic carbocycles. The zero-order chi connectivity index (χ0) is 17.9. The van der Waals surface area contributed by atoms with E-state index in [-0.39, 0.29) is 23.8 Å². The maximum atomic E-state index is 11.8. The topological polar surface area (TPSA) is 95.5 Å². The number of thioether (sulfide) groups is 1. The molecular formula is C17H22N2O4S. The molecule has 0 bridgehead atoms. The van der Waals surface area contributed by atoms with E-state index in [9.17, 15) is 14.4 Å². The number of rotatable bonds is 9. The number of carbonyl (C=O) groups is 3. The largest absolute Gasteiger partial charge is 0.480 e. The fraction of sp³-hybridized carbons (Fsp3) is 0.353. The second kappa shape index (κ2) is 10.5. The zero-order valence-electron chi connectivity index (χ0n) is 13.7. The predicted octanol–water partition coefficient (Wildman–Crippen LogP) is 2.20. The maximum Gasteiger partial charge on any atom is 0.326 e. The summed E-state index contributed by atoms with van der Waals surface area (Å²) in [5.41, 5.74) is 1.80. The van der Waals surface area contributed by atoms with Gasteiger partial charge in [0, 0.05) is 5.69 Å². The van der Waals surface area contributed by atoms with Crippen molar-refractivity contribution in [3.63, 3.8) is 0 Å². The molecular weight excluding hydrogens is 328 g/mol. The first kappa shape index (κ1) is 19.8. The lowest BCUT2D eigenvalue weighted by molar-refractivity contribution is -0.141. The fourth-order valence-corrected chi connectivity index (χ4v) is 2.43. The first-order chi connectivity index (χ1) is 11.4. The molecule has 0 spiro atoms. The number of hydrogen-bond donors (Lipinski definition) is 3. The molecule has 24 heavy (non-hydrogen) atoms. The summed E-state index contributed by atoms with van der Waals surface area (Å²) in [6.07, 6.45) is 3.64. The van der Waals surface area contributed by atoms with Gasteiger partial charge in [-0.1, -0.05) is 29.8 Å². The number of anilines is 1. The number of carboxylic acids is 1. The molecule has 0 aliphatic rings. The number of amides is 2. The minimum Gasteiger partial charge on any atom is -0.480 e. The Bertz CT molecular complexity index is 599. The fourth-order valence-electron chi connectivity index (χ4n) is 1.80. The monoisotopic (exact) mass is 350 g/mol. The average Bonchev–Trinajstić information content (AvgIpc) is 2.53. The smallest absolute Gasteiger partial charge is 0.326 e. The lowest BCUT2D eigenvalue weighted by Gasteiger charge is -2.12. The Kier molecular flexibility index (Phi) is 8.64. The van der Waals surface area contributed by atoms with Crippen molar-refractivity contribution in [2.45, 2.75) is 26.3 Å². The average molecular weight is 350 g/mol. The van der Waals surface area contributed by atoms with E-state index in [1.165, 1.54) is 0 Å². The minimum absolute atomic E-state index is 0.0287. The number of benzene rings is 1. The van der Waals surface area contributed by atoms with Crippen LogP contribution in [0.1, 0.15) is 18.9 Å². The van der Waals surface area contributed by atoms with Crippen molar-refractivity contribution in [1.82, 2.24) is 5.32 Å². The normalized spacial score (nSPS) is 11.9. The van der Waals surface area contributed by atoms with Crippen molar-refractivity contribution < 1.29 is 19.5 Å². The van der Waals surface area contributed by atoms with E-state index in [2.05, 4.69) is 10.6 Å². The summed E-state index contributed by atoms with van der Waals surface area (Å²) < 4.78 is 0. The molecule has 0 fully saturated rings. The number of carboxylic acid groups (broad SMARTS) is 1. The summed E-state index contributed by atoms with van der Waals surface area (Å²) in [5.74, 6) is -1.54. The van der Waals surface area contributed by atoms with Crippen LogP contribution in [0.3, 0.4) is 0 Å². The molecule has 2 amide bonds. The summed E-state index contributed by atoms with van der Waals surface area (Å²) in [6, 6.07) is 6.46. The summed E-state index contributed by atoms with van der Waals surface area (Å²) >= 11 is 1.13. The van der Waals surface area contributed by atoms with Crippen molar-refractivity contribution in [1.29, 1.82) is 0 Å². The molecule has 0 saturated heterocycles. The van der Waals surface area contributed by atoms with Gasteiger partial charge in [0.05, 0.1) is 11.5 Å². The van der Waals surface area contributed by atoms with E-state index in [4.69, 9.17) is 5.11 Å². The van der Waals surface area contributed by atoms with Crippen LogP contribution in [0.15, 0.2) is 36.4 Å². The van der Waals surface area contributed by atoms with E-state index in [1.807, 2.05) is 31.2 Å². The van der Waals surface area contributed by atoms with E-state index in [0.717, 1.165) is 17.3 Å². The highest BCUT2D eigenvalue weighted by Crippen LogP contribution is 2.09. The highest BCUT2D eigenvalue weighted by Gasteiger charge is 2.18. The van der Waals surface area contributed by atoms with Crippen LogP contribution in [-0.2, 0) is 14.4 Å². The Balaban J connectivity index is 2.32. The van der Waals surface area contributed by atoms with E-state index in [1.54, 1.807) is 19.1 Å². The molecule has 1 aromatic carbocycles. The van der Waals surface area contributed by atoms with Crippen LogP contribution in [-0.4, -0.2) is 40.4 Å². The molecule has 0 saturated carbocycles. The SMILES string of the molecule is C/C=C/CC(NC(=O)CSCC(=O)Nc1ccc(C)cc1)C(=O)O. The zero-order valence-corrected chi connectivity index (χ0v) is 14.6. The van der Waals surface area contributed by atoms with Gasteiger partial charge >= 0.3 is 5.97 Å². The van der Waals surface area contributed by atoms with Crippen molar-refractivity contribution in [3.05, 3.63) is 42.0 Å². The van der Waals surface area contributed by atoms with Gasteiger partial charge in [0.15, 0.2) is 0 Å². The van der Waals surface area contributed by atoms with Gasteiger partial charge in [0.1, 0.15) is 6.04 Å². The minimum atomic E-state index is -1.08. The van der Waals surface area contributed by atoms with Crippen LogP contribution in [0.2, 0.25) is 0 Å². The highest BCUT2D eigenvalue weighted by molar-refractivity contribution is 8.00. The van der Waals surface area contributed by atoms with Crippen molar-refractivity contribution in [2.75, 3.05) is 16.8 Å². The molecule has 1 rings (SSSR count). The van der Waals surface area contributed by atoms with Gasteiger partial charge in [-0.2, -0.15) is 0 Å². The third-order valence-electron chi connectivity index (χ3n) is 3.04. The Labute approximate surface area is 145 Å². The first-order valence-electron chi connectivity index (χ1n) is 7.50. The van der Waals surface area contributed by atoms with Crippen molar-refractivity contribution in [3.8, 4) is 0 Å². The first-order valence-corrected chi connectivity index (χ1v) is 8.65. The van der Waals surface area contributed by atoms with Gasteiger partial charge < -0.3 is 15.7 Å². The van der Waals surface area contributed by atoms with Gasteiger partial charge in [0.2, 0.25) is 11.8 Å². The molecule has 0 radical (unpaired) electrons. The number of allylic oxidation sites excluding steroid dienone is 1. The van der Waals surface area contributed by atoms with Crippen LogP contribution in [0.4, 0.5) is 5.69 Å². The summed E-state index contributed by atoms with van der Waals surface area (Å²) in [7, 11) is 0. The molecule has 130 valence electrons. The molecule has 7 heteroatoms. The molecule has 3 N–H and O–H groups in total. The second-order valence-corrected chi connectivity index (χ2v) is 6.16. The molecule has 1 unspecified atom stereocenters. The lowest BCUT2D eigenvalue weighted by Crippen LogP contribution is -2.41. The van der Waals surface area contributed by atoms with Crippen LogP contribution in [0, 0.1) is 6.92 Å². The van der Waals surface area contributed by atoms with Gasteiger partial charge in [-0.25, -0.2) is 4.79 Å². The lowest BCUT2D eigenvalue weighted by atomic mass is 10.2. The van der Waals surface area contributed by atoms with E-state index in [0.29, 0.717) is 5.69 Å². The molecule has 0 heterocycles. The highest BCUT2D eigenvalue weighted by atomic mass is 32.2. The number of aliphatic carboxylic acids is 1. The second-order valence-electron chi connectivity index (χ2n) is 5.17. The summed E-state index contributed by atoms with van der Waals surface area (Å²) in [4.78, 5) is 34.6. The molecule has 1 atom stereocenters. The molecule has 6 nitrogen and oxygen atoms in total. The van der Waals surface area contributed by atoms with Gasteiger partial charge in [-0.3, -0.25) is 9.59 Å². The van der Waals surface area contributed by atoms with Crippen LogP contribution in [0.5, 0.6) is 0 Å². The maximum absolute atomic E-state index is 11.8. The molecule has 1 aromatic rings. The Hall–Kier alpha value is -2.28.